The normalized spacial score (nSPS) is 11.2. The molecule has 1 aromatic heterocycles. The monoisotopic (exact) mass is 247 g/mol. The molecule has 80 valence electrons. The molecule has 0 saturated carbocycles. The van der Waals surface area contributed by atoms with E-state index >= 15 is 0 Å². The van der Waals surface area contributed by atoms with Gasteiger partial charge in [0.25, 0.3) is 0 Å². The first-order chi connectivity index (χ1) is 7.15. The van der Waals surface area contributed by atoms with Gasteiger partial charge in [0.15, 0.2) is 11.4 Å². The Hall–Kier alpha value is -1.26. The summed E-state index contributed by atoms with van der Waals surface area (Å²) < 4.78 is 5.12. The molecule has 15 heavy (non-hydrogen) atoms. The molecule has 0 fully saturated rings. The summed E-state index contributed by atoms with van der Waals surface area (Å²) in [6, 6.07) is 3.06. The first-order valence-electron chi connectivity index (χ1n) is 3.91. The van der Waals surface area contributed by atoms with Crippen molar-refractivity contribution in [1.82, 2.24) is 4.98 Å². The minimum absolute atomic E-state index is 0.0109. The van der Waals surface area contributed by atoms with Crippen LogP contribution in [0.15, 0.2) is 28.9 Å². The summed E-state index contributed by atoms with van der Waals surface area (Å²) in [5.74, 6) is -1.00. The Morgan fingerprint density at radius 2 is 2.40 bits per heavy atom. The summed E-state index contributed by atoms with van der Waals surface area (Å²) >= 11 is 10.9. The maximum absolute atomic E-state index is 10.7. The summed E-state index contributed by atoms with van der Waals surface area (Å²) in [4.78, 5) is 14.4. The zero-order chi connectivity index (χ0) is 11.3. The Kier molecular flexibility index (Phi) is 4.39. The lowest BCUT2D eigenvalue weighted by atomic mass is 10.3. The van der Waals surface area contributed by atoms with E-state index < -0.39 is 5.97 Å². The van der Waals surface area contributed by atoms with E-state index in [1.54, 1.807) is 6.07 Å². The van der Waals surface area contributed by atoms with Gasteiger partial charge in [-0.05, 0) is 12.1 Å². The Labute approximate surface area is 96.1 Å². The molecule has 1 heterocycles. The number of aromatic carboxylic acids is 1. The first kappa shape index (κ1) is 11.8. The molecule has 0 bridgehead atoms. The zero-order valence-corrected chi connectivity index (χ0v) is 9.00. The molecular formula is C9H7Cl2NO3. The molecule has 0 spiro atoms. The molecule has 1 N–H and O–H groups in total. The third-order valence-electron chi connectivity index (χ3n) is 1.46. The van der Waals surface area contributed by atoms with Crippen LogP contribution < -0.4 is 4.74 Å². The van der Waals surface area contributed by atoms with E-state index in [9.17, 15) is 4.79 Å². The summed E-state index contributed by atoms with van der Waals surface area (Å²) in [5, 5.41) is 9.05. The lowest BCUT2D eigenvalue weighted by molar-refractivity contribution is 0.0686. The number of aromatic nitrogens is 1. The minimum Gasteiger partial charge on any atom is -0.485 e. The number of pyridine rings is 1. The SMILES string of the molecule is O=C(O)c1ncccc1OCC(Cl)=CCl. The van der Waals surface area contributed by atoms with Gasteiger partial charge in [0.1, 0.15) is 6.61 Å². The van der Waals surface area contributed by atoms with Crippen LogP contribution in [0.5, 0.6) is 5.75 Å². The van der Waals surface area contributed by atoms with E-state index in [1.807, 2.05) is 0 Å². The number of halogens is 2. The number of rotatable bonds is 4. The van der Waals surface area contributed by atoms with Crippen LogP contribution in [0.2, 0.25) is 0 Å². The van der Waals surface area contributed by atoms with Gasteiger partial charge in [-0.25, -0.2) is 9.78 Å². The third-order valence-corrected chi connectivity index (χ3v) is 2.05. The van der Waals surface area contributed by atoms with Crippen LogP contribution in [0.4, 0.5) is 0 Å². The highest BCUT2D eigenvalue weighted by molar-refractivity contribution is 6.36. The highest BCUT2D eigenvalue weighted by Gasteiger charge is 2.11. The number of hydrogen-bond acceptors (Lipinski definition) is 3. The van der Waals surface area contributed by atoms with Gasteiger partial charge >= 0.3 is 5.97 Å². The van der Waals surface area contributed by atoms with Crippen LogP contribution in [0.1, 0.15) is 10.5 Å². The van der Waals surface area contributed by atoms with Crippen molar-refractivity contribution < 1.29 is 14.6 Å². The molecule has 0 aliphatic carbocycles. The minimum atomic E-state index is -1.16. The van der Waals surface area contributed by atoms with Gasteiger partial charge in [0.05, 0.1) is 5.03 Å². The molecule has 0 aromatic carbocycles. The predicted molar refractivity (Wildman–Crippen MR) is 56.5 cm³/mol. The average molecular weight is 248 g/mol. The van der Waals surface area contributed by atoms with Crippen molar-refractivity contribution in [1.29, 1.82) is 0 Å². The van der Waals surface area contributed by atoms with Crippen molar-refractivity contribution in [3.05, 3.63) is 34.6 Å². The molecule has 4 nitrogen and oxygen atoms in total. The van der Waals surface area contributed by atoms with Gasteiger partial charge in [0.2, 0.25) is 0 Å². The van der Waals surface area contributed by atoms with Gasteiger partial charge in [-0.3, -0.25) is 0 Å². The molecule has 0 saturated heterocycles. The second-order valence-corrected chi connectivity index (χ2v) is 3.20. The molecule has 0 atom stereocenters. The number of carbonyl (C=O) groups is 1. The number of carboxylic acids is 1. The Morgan fingerprint density at radius 1 is 1.67 bits per heavy atom. The summed E-state index contributed by atoms with van der Waals surface area (Å²) in [6.45, 7) is 0.0109. The number of nitrogens with zero attached hydrogens (tertiary/aromatic N) is 1. The smallest absolute Gasteiger partial charge is 0.358 e. The quantitative estimate of drug-likeness (QED) is 0.889. The van der Waals surface area contributed by atoms with Crippen molar-refractivity contribution in [2.75, 3.05) is 6.61 Å². The van der Waals surface area contributed by atoms with Gasteiger partial charge in [-0.2, -0.15) is 0 Å². The maximum atomic E-state index is 10.7. The van der Waals surface area contributed by atoms with Crippen molar-refractivity contribution in [3.63, 3.8) is 0 Å². The van der Waals surface area contributed by atoms with Crippen molar-refractivity contribution in [3.8, 4) is 5.75 Å². The van der Waals surface area contributed by atoms with Crippen molar-refractivity contribution in [2.24, 2.45) is 0 Å². The van der Waals surface area contributed by atoms with Crippen LogP contribution in [-0.4, -0.2) is 22.7 Å². The molecule has 0 aliphatic rings. The van der Waals surface area contributed by atoms with E-state index in [2.05, 4.69) is 4.98 Å². The lowest BCUT2D eigenvalue weighted by Crippen LogP contribution is -2.06. The van der Waals surface area contributed by atoms with Gasteiger partial charge in [-0.1, -0.05) is 23.2 Å². The summed E-state index contributed by atoms with van der Waals surface area (Å²) in [6.07, 6.45) is 1.37. The van der Waals surface area contributed by atoms with E-state index in [0.717, 1.165) is 5.54 Å². The van der Waals surface area contributed by atoms with Crippen LogP contribution in [0.3, 0.4) is 0 Å². The van der Waals surface area contributed by atoms with Crippen LogP contribution in [0.25, 0.3) is 0 Å². The fourth-order valence-corrected chi connectivity index (χ4v) is 0.963. The molecular weight excluding hydrogens is 241 g/mol. The Bertz CT molecular complexity index is 393. The van der Waals surface area contributed by atoms with Crippen molar-refractivity contribution >= 4 is 29.2 Å². The molecule has 0 aliphatic heterocycles. The number of carboxylic acid groups (broad SMARTS) is 1. The van der Waals surface area contributed by atoms with Crippen molar-refractivity contribution in [2.45, 2.75) is 0 Å². The first-order valence-corrected chi connectivity index (χ1v) is 4.72. The van der Waals surface area contributed by atoms with E-state index in [0.29, 0.717) is 0 Å². The predicted octanol–water partition coefficient (Wildman–Crippen LogP) is 2.48. The summed E-state index contributed by atoms with van der Waals surface area (Å²) in [5.41, 5.74) is 0.995. The van der Waals surface area contributed by atoms with E-state index in [4.69, 9.17) is 33.0 Å². The topological polar surface area (TPSA) is 59.4 Å². The van der Waals surface area contributed by atoms with Crippen LogP contribution in [0, 0.1) is 0 Å². The number of hydrogen-bond donors (Lipinski definition) is 1. The second-order valence-electron chi connectivity index (χ2n) is 2.50. The highest BCUT2D eigenvalue weighted by Crippen LogP contribution is 2.16. The average Bonchev–Trinajstić information content (AvgIpc) is 2.26. The Morgan fingerprint density at radius 3 is 3.00 bits per heavy atom. The van der Waals surface area contributed by atoms with Crippen LogP contribution >= 0.6 is 23.2 Å². The number of ether oxygens (including phenoxy) is 1. The third kappa shape index (κ3) is 3.42. The molecule has 0 amide bonds. The fourth-order valence-electron chi connectivity index (χ4n) is 0.846. The van der Waals surface area contributed by atoms with E-state index in [-0.39, 0.29) is 23.1 Å². The van der Waals surface area contributed by atoms with Gasteiger partial charge < -0.3 is 9.84 Å². The molecule has 6 heteroatoms. The van der Waals surface area contributed by atoms with E-state index in [1.165, 1.54) is 12.3 Å². The van der Waals surface area contributed by atoms with Gasteiger partial charge in [0, 0.05) is 11.7 Å². The molecule has 1 aromatic rings. The Balaban J connectivity index is 2.80. The molecule has 0 radical (unpaired) electrons. The largest absolute Gasteiger partial charge is 0.485 e. The maximum Gasteiger partial charge on any atom is 0.358 e. The molecule has 0 unspecified atom stereocenters. The lowest BCUT2D eigenvalue weighted by Gasteiger charge is -2.06. The fraction of sp³-hybridized carbons (Fsp3) is 0.111. The second kappa shape index (κ2) is 5.58. The van der Waals surface area contributed by atoms with Gasteiger partial charge in [-0.15, -0.1) is 0 Å². The summed E-state index contributed by atoms with van der Waals surface area (Å²) in [7, 11) is 0. The zero-order valence-electron chi connectivity index (χ0n) is 7.48. The standard InChI is InChI=1S/C9H7Cl2NO3/c10-4-6(11)5-15-7-2-1-3-12-8(7)9(13)14/h1-4H,5H2,(H,13,14). The molecule has 1 rings (SSSR count). The highest BCUT2D eigenvalue weighted by atomic mass is 35.5. The van der Waals surface area contributed by atoms with Crippen LogP contribution in [-0.2, 0) is 0 Å².